The summed E-state index contributed by atoms with van der Waals surface area (Å²) in [6.45, 7) is 6.45. The highest BCUT2D eigenvalue weighted by Gasteiger charge is 2.55. The summed E-state index contributed by atoms with van der Waals surface area (Å²) in [6.07, 6.45) is 2.77. The number of hydrogen-bond acceptors (Lipinski definition) is 4. The number of carbonyl (C=O) groups excluding carboxylic acids is 3. The van der Waals surface area contributed by atoms with E-state index in [4.69, 9.17) is 5.11 Å². The fourth-order valence-corrected chi connectivity index (χ4v) is 3.00. The van der Waals surface area contributed by atoms with Gasteiger partial charge in [-0.05, 0) is 19.3 Å². The van der Waals surface area contributed by atoms with Crippen molar-refractivity contribution in [1.82, 2.24) is 16.0 Å². The van der Waals surface area contributed by atoms with Crippen LogP contribution in [0, 0.1) is 17.8 Å². The molecule has 0 aromatic rings. The summed E-state index contributed by atoms with van der Waals surface area (Å²) in [5, 5.41) is 16.7. The molecule has 8 nitrogen and oxygen atoms in total. The highest BCUT2D eigenvalue weighted by molar-refractivity contribution is 5.93. The van der Waals surface area contributed by atoms with Crippen LogP contribution in [-0.2, 0) is 19.2 Å². The van der Waals surface area contributed by atoms with Crippen molar-refractivity contribution in [3.63, 3.8) is 0 Å². The van der Waals surface area contributed by atoms with Gasteiger partial charge in [-0.1, -0.05) is 26.7 Å². The third kappa shape index (κ3) is 7.41. The van der Waals surface area contributed by atoms with Crippen LogP contribution in [0.5, 0.6) is 0 Å². The van der Waals surface area contributed by atoms with Crippen molar-refractivity contribution in [2.75, 3.05) is 13.1 Å². The monoisotopic (exact) mass is 369 g/mol. The summed E-state index contributed by atoms with van der Waals surface area (Å²) >= 11 is 0. The first-order chi connectivity index (χ1) is 12.3. The molecule has 0 bridgehead atoms. The van der Waals surface area contributed by atoms with E-state index >= 15 is 0 Å². The van der Waals surface area contributed by atoms with Crippen LogP contribution < -0.4 is 16.0 Å². The molecule has 4 N–H and O–H groups in total. The Morgan fingerprint density at radius 2 is 1.62 bits per heavy atom. The number of rotatable bonds is 12. The zero-order valence-electron chi connectivity index (χ0n) is 15.8. The second-order valence-electron chi connectivity index (χ2n) is 7.00. The van der Waals surface area contributed by atoms with E-state index in [0.717, 1.165) is 19.3 Å². The first kappa shape index (κ1) is 21.9. The van der Waals surface area contributed by atoms with Gasteiger partial charge in [0, 0.05) is 25.6 Å². The van der Waals surface area contributed by atoms with Gasteiger partial charge in [-0.25, -0.2) is 0 Å². The zero-order chi connectivity index (χ0) is 19.7. The Morgan fingerprint density at radius 1 is 1.00 bits per heavy atom. The lowest BCUT2D eigenvalue weighted by Crippen LogP contribution is -2.37. The number of unbranched alkanes of at least 4 members (excludes halogenated alkanes) is 1. The predicted molar refractivity (Wildman–Crippen MR) is 96.2 cm³/mol. The van der Waals surface area contributed by atoms with Crippen LogP contribution in [0.4, 0.5) is 0 Å². The molecule has 26 heavy (non-hydrogen) atoms. The van der Waals surface area contributed by atoms with Gasteiger partial charge in [0.05, 0.1) is 18.3 Å². The van der Waals surface area contributed by atoms with Crippen molar-refractivity contribution in [2.24, 2.45) is 17.8 Å². The third-order valence-electron chi connectivity index (χ3n) is 4.68. The summed E-state index contributed by atoms with van der Waals surface area (Å²) in [5.41, 5.74) is 0. The minimum Gasteiger partial charge on any atom is -0.481 e. The highest BCUT2D eigenvalue weighted by Crippen LogP contribution is 2.46. The van der Waals surface area contributed by atoms with E-state index in [1.165, 1.54) is 0 Å². The molecule has 0 aromatic heterocycles. The van der Waals surface area contributed by atoms with E-state index in [1.807, 2.05) is 13.8 Å². The molecule has 4 atom stereocenters. The van der Waals surface area contributed by atoms with Crippen LogP contribution in [0.25, 0.3) is 0 Å². The van der Waals surface area contributed by atoms with Crippen molar-refractivity contribution in [1.29, 1.82) is 0 Å². The molecule has 1 aliphatic carbocycles. The second kappa shape index (κ2) is 10.8. The lowest BCUT2D eigenvalue weighted by atomic mass is 10.1. The minimum atomic E-state index is -1.02. The van der Waals surface area contributed by atoms with Crippen LogP contribution >= 0.6 is 0 Å². The van der Waals surface area contributed by atoms with Gasteiger partial charge < -0.3 is 21.1 Å². The average Bonchev–Trinajstić information content (AvgIpc) is 3.26. The van der Waals surface area contributed by atoms with Gasteiger partial charge in [-0.2, -0.15) is 0 Å². The van der Waals surface area contributed by atoms with Gasteiger partial charge >= 0.3 is 5.97 Å². The van der Waals surface area contributed by atoms with Crippen molar-refractivity contribution in [3.8, 4) is 0 Å². The van der Waals surface area contributed by atoms with Gasteiger partial charge in [0.25, 0.3) is 0 Å². The first-order valence-corrected chi connectivity index (χ1v) is 9.34. The van der Waals surface area contributed by atoms with Crippen LogP contribution in [0.3, 0.4) is 0 Å². The fourth-order valence-electron chi connectivity index (χ4n) is 3.00. The molecule has 4 unspecified atom stereocenters. The lowest BCUT2D eigenvalue weighted by molar-refractivity contribution is -0.138. The SMILES string of the molecule is CCCCC(C)NC(=O)C1C(C)C1C(=O)NCCNC(=O)CCC(=O)O. The third-order valence-corrected chi connectivity index (χ3v) is 4.68. The molecule has 148 valence electrons. The quantitative estimate of drug-likeness (QED) is 0.376. The fraction of sp³-hybridized carbons (Fsp3) is 0.778. The maximum absolute atomic E-state index is 12.3. The summed E-state index contributed by atoms with van der Waals surface area (Å²) in [7, 11) is 0. The van der Waals surface area contributed by atoms with Crippen molar-refractivity contribution in [3.05, 3.63) is 0 Å². The number of aliphatic carboxylic acids is 1. The number of carboxylic acids is 1. The van der Waals surface area contributed by atoms with E-state index in [9.17, 15) is 19.2 Å². The molecule has 0 heterocycles. The Balaban J connectivity index is 2.24. The number of carbonyl (C=O) groups is 4. The van der Waals surface area contributed by atoms with Crippen LogP contribution in [0.15, 0.2) is 0 Å². The summed E-state index contributed by atoms with van der Waals surface area (Å²) in [4.78, 5) is 46.2. The molecule has 3 amide bonds. The Labute approximate surface area is 154 Å². The number of hydrogen-bond donors (Lipinski definition) is 4. The molecule has 1 rings (SSSR count). The summed E-state index contributed by atoms with van der Waals surface area (Å²) in [6, 6.07) is 0.111. The molecule has 1 saturated carbocycles. The Morgan fingerprint density at radius 3 is 2.23 bits per heavy atom. The van der Waals surface area contributed by atoms with Gasteiger partial charge in [-0.15, -0.1) is 0 Å². The van der Waals surface area contributed by atoms with E-state index in [2.05, 4.69) is 22.9 Å². The second-order valence-corrected chi connectivity index (χ2v) is 7.00. The van der Waals surface area contributed by atoms with Crippen LogP contribution in [0.1, 0.15) is 52.9 Å². The molecule has 0 spiro atoms. The van der Waals surface area contributed by atoms with E-state index in [0.29, 0.717) is 0 Å². The molecule has 0 aliphatic heterocycles. The summed E-state index contributed by atoms with van der Waals surface area (Å²) < 4.78 is 0. The molecule has 8 heteroatoms. The van der Waals surface area contributed by atoms with Gasteiger partial charge in [0.2, 0.25) is 17.7 Å². The zero-order valence-corrected chi connectivity index (χ0v) is 15.8. The van der Waals surface area contributed by atoms with Crippen molar-refractivity contribution in [2.45, 2.75) is 58.9 Å². The van der Waals surface area contributed by atoms with Gasteiger partial charge in [0.1, 0.15) is 0 Å². The van der Waals surface area contributed by atoms with Crippen LogP contribution in [0.2, 0.25) is 0 Å². The average molecular weight is 369 g/mol. The molecule has 0 aromatic carbocycles. The van der Waals surface area contributed by atoms with E-state index in [-0.39, 0.29) is 67.4 Å². The highest BCUT2D eigenvalue weighted by atomic mass is 16.4. The Hall–Kier alpha value is -2.12. The Kier molecular flexibility index (Phi) is 9.09. The normalized spacial score (nSPS) is 22.2. The Bertz CT molecular complexity index is 523. The molecular weight excluding hydrogens is 338 g/mol. The molecule has 1 fully saturated rings. The number of nitrogens with one attached hydrogen (secondary N) is 3. The topological polar surface area (TPSA) is 125 Å². The number of amides is 3. The van der Waals surface area contributed by atoms with Gasteiger partial charge in [0.15, 0.2) is 0 Å². The summed E-state index contributed by atoms with van der Waals surface area (Å²) in [5.74, 6) is -2.23. The maximum atomic E-state index is 12.3. The van der Waals surface area contributed by atoms with Gasteiger partial charge in [-0.3, -0.25) is 19.2 Å². The molecule has 1 aliphatic rings. The predicted octanol–water partition coefficient (Wildman–Crippen LogP) is 0.661. The van der Waals surface area contributed by atoms with Crippen molar-refractivity contribution < 1.29 is 24.3 Å². The lowest BCUT2D eigenvalue weighted by Gasteiger charge is -2.13. The standard InChI is InChI=1S/C18H31N3O5/c1-4-5-6-11(2)21-18(26)16-12(3)15(16)17(25)20-10-9-19-13(22)7-8-14(23)24/h11-12,15-16H,4-10H2,1-3H3,(H,19,22)(H,20,25)(H,21,26)(H,23,24). The van der Waals surface area contributed by atoms with E-state index < -0.39 is 5.97 Å². The number of carboxylic acid groups (broad SMARTS) is 1. The molecule has 0 radical (unpaired) electrons. The minimum absolute atomic E-state index is 0.0125. The molecular formula is C18H31N3O5. The van der Waals surface area contributed by atoms with Crippen molar-refractivity contribution >= 4 is 23.7 Å². The molecule has 0 saturated heterocycles. The first-order valence-electron chi connectivity index (χ1n) is 9.34. The van der Waals surface area contributed by atoms with Crippen LogP contribution in [-0.4, -0.2) is 47.9 Å². The smallest absolute Gasteiger partial charge is 0.303 e. The largest absolute Gasteiger partial charge is 0.481 e. The van der Waals surface area contributed by atoms with E-state index in [1.54, 1.807) is 0 Å². The maximum Gasteiger partial charge on any atom is 0.303 e.